The maximum Gasteiger partial charge on any atom is 0.435 e. The lowest BCUT2D eigenvalue weighted by Gasteiger charge is -2.24. The maximum atomic E-state index is 13.9. The number of aromatic nitrogens is 2. The lowest BCUT2D eigenvalue weighted by atomic mass is 10.0. The molecule has 0 saturated heterocycles. The second-order valence-corrected chi connectivity index (χ2v) is 6.09. The second kappa shape index (κ2) is 5.79. The van der Waals surface area contributed by atoms with Crippen molar-refractivity contribution in [3.05, 3.63) is 51.6 Å². The van der Waals surface area contributed by atoms with Gasteiger partial charge in [-0.2, -0.15) is 18.3 Å². The van der Waals surface area contributed by atoms with Crippen LogP contribution in [0.1, 0.15) is 22.5 Å². The summed E-state index contributed by atoms with van der Waals surface area (Å²) in [5.41, 5.74) is 0.0852. The van der Waals surface area contributed by atoms with E-state index in [0.29, 0.717) is 18.8 Å². The van der Waals surface area contributed by atoms with Crippen molar-refractivity contribution < 1.29 is 17.6 Å². The third-order valence-corrected chi connectivity index (χ3v) is 4.17. The first-order valence-corrected chi connectivity index (χ1v) is 7.41. The average molecular weight is 348 g/mol. The van der Waals surface area contributed by atoms with Gasteiger partial charge < -0.3 is 4.90 Å². The van der Waals surface area contributed by atoms with E-state index in [1.807, 2.05) is 11.9 Å². The van der Waals surface area contributed by atoms with E-state index in [0.717, 1.165) is 6.07 Å². The van der Waals surface area contributed by atoms with Gasteiger partial charge >= 0.3 is 6.18 Å². The molecule has 1 aliphatic rings. The van der Waals surface area contributed by atoms with Crippen molar-refractivity contribution in [1.29, 1.82) is 0 Å². The zero-order chi connectivity index (χ0) is 16.8. The number of nitrogens with zero attached hydrogens (tertiary/aromatic N) is 3. The molecule has 124 valence electrons. The fourth-order valence-electron chi connectivity index (χ4n) is 2.78. The molecule has 23 heavy (non-hydrogen) atoms. The van der Waals surface area contributed by atoms with Gasteiger partial charge in [-0.05, 0) is 25.6 Å². The van der Waals surface area contributed by atoms with Gasteiger partial charge in [0, 0.05) is 29.2 Å². The van der Waals surface area contributed by atoms with Crippen molar-refractivity contribution in [2.24, 2.45) is 0 Å². The van der Waals surface area contributed by atoms with Crippen LogP contribution >= 0.6 is 11.6 Å². The number of fused-ring (bicyclic) bond motifs is 1. The minimum absolute atomic E-state index is 0.0603. The average Bonchev–Trinajstić information content (AvgIpc) is 2.80. The molecule has 2 heterocycles. The Morgan fingerprint density at radius 2 is 2.04 bits per heavy atom. The van der Waals surface area contributed by atoms with Crippen molar-refractivity contribution >= 4 is 11.6 Å². The van der Waals surface area contributed by atoms with Crippen molar-refractivity contribution in [2.75, 3.05) is 13.6 Å². The second-order valence-electron chi connectivity index (χ2n) is 5.65. The zero-order valence-electron chi connectivity index (χ0n) is 12.3. The van der Waals surface area contributed by atoms with E-state index in [4.69, 9.17) is 11.6 Å². The Bertz CT molecular complexity index is 739. The van der Waals surface area contributed by atoms with Gasteiger partial charge in [0.05, 0.1) is 12.2 Å². The van der Waals surface area contributed by atoms with Crippen LogP contribution in [0.2, 0.25) is 5.02 Å². The summed E-state index contributed by atoms with van der Waals surface area (Å²) in [5.74, 6) is -0.556. The number of hydrogen-bond donors (Lipinski definition) is 0. The van der Waals surface area contributed by atoms with Gasteiger partial charge in [0.15, 0.2) is 5.69 Å². The van der Waals surface area contributed by atoms with Crippen LogP contribution < -0.4 is 0 Å². The fourth-order valence-corrected chi connectivity index (χ4v) is 2.94. The first-order chi connectivity index (χ1) is 10.8. The summed E-state index contributed by atoms with van der Waals surface area (Å²) >= 11 is 5.70. The summed E-state index contributed by atoms with van der Waals surface area (Å²) < 4.78 is 54.7. The number of alkyl halides is 3. The van der Waals surface area contributed by atoms with Crippen LogP contribution in [0.3, 0.4) is 0 Å². The van der Waals surface area contributed by atoms with E-state index in [-0.39, 0.29) is 29.1 Å². The van der Waals surface area contributed by atoms with E-state index in [1.165, 1.54) is 16.8 Å². The lowest BCUT2D eigenvalue weighted by Crippen LogP contribution is -2.28. The summed E-state index contributed by atoms with van der Waals surface area (Å²) in [6, 6.07) is 4.11. The lowest BCUT2D eigenvalue weighted by molar-refractivity contribution is -0.142. The Labute approximate surface area is 135 Å². The molecule has 0 N–H and O–H groups in total. The Balaban J connectivity index is 2.03. The van der Waals surface area contributed by atoms with Crippen LogP contribution in [0.15, 0.2) is 18.2 Å². The number of likely N-dealkylation sites (N-methyl/N-ethyl adjacent to an activating group) is 1. The molecule has 0 saturated carbocycles. The molecule has 1 aromatic heterocycles. The Morgan fingerprint density at radius 3 is 2.70 bits per heavy atom. The predicted molar refractivity (Wildman–Crippen MR) is 77.8 cm³/mol. The van der Waals surface area contributed by atoms with Crippen LogP contribution in [-0.2, 0) is 25.7 Å². The van der Waals surface area contributed by atoms with Gasteiger partial charge in [-0.1, -0.05) is 17.7 Å². The third-order valence-electron chi connectivity index (χ3n) is 3.93. The highest BCUT2D eigenvalue weighted by atomic mass is 35.5. The van der Waals surface area contributed by atoms with Crippen molar-refractivity contribution in [1.82, 2.24) is 14.7 Å². The Kier molecular flexibility index (Phi) is 4.10. The van der Waals surface area contributed by atoms with Crippen LogP contribution in [0.4, 0.5) is 17.6 Å². The maximum absolute atomic E-state index is 13.9. The first-order valence-electron chi connectivity index (χ1n) is 7.04. The zero-order valence-corrected chi connectivity index (χ0v) is 13.0. The van der Waals surface area contributed by atoms with Crippen LogP contribution in [0.5, 0.6) is 0 Å². The van der Waals surface area contributed by atoms with Crippen molar-refractivity contribution in [3.63, 3.8) is 0 Å². The van der Waals surface area contributed by atoms with E-state index in [2.05, 4.69) is 5.10 Å². The minimum Gasteiger partial charge on any atom is -0.300 e. The molecule has 0 radical (unpaired) electrons. The third kappa shape index (κ3) is 3.21. The molecule has 1 aromatic carbocycles. The highest BCUT2D eigenvalue weighted by Gasteiger charge is 2.40. The van der Waals surface area contributed by atoms with E-state index in [1.54, 1.807) is 0 Å². The standard InChI is InChI=1S/C15H14ClF4N3/c1-22-5-4-11-13(8-22)23(21-14(11)15(18,19)20)7-9-2-3-10(16)6-12(9)17/h2-3,6H,4-5,7-8H2,1H3. The van der Waals surface area contributed by atoms with E-state index >= 15 is 0 Å². The van der Waals surface area contributed by atoms with Gasteiger partial charge in [-0.15, -0.1) is 0 Å². The number of rotatable bonds is 2. The number of benzene rings is 1. The quantitative estimate of drug-likeness (QED) is 0.772. The van der Waals surface area contributed by atoms with Crippen molar-refractivity contribution in [3.8, 4) is 0 Å². The van der Waals surface area contributed by atoms with Gasteiger partial charge in [0.2, 0.25) is 0 Å². The molecule has 1 aliphatic heterocycles. The molecular weight excluding hydrogens is 334 g/mol. The van der Waals surface area contributed by atoms with Gasteiger partial charge in [0.1, 0.15) is 5.82 Å². The molecule has 2 aromatic rings. The highest BCUT2D eigenvalue weighted by Crippen LogP contribution is 2.35. The minimum atomic E-state index is -4.51. The van der Waals surface area contributed by atoms with Gasteiger partial charge in [-0.3, -0.25) is 4.68 Å². The molecule has 3 rings (SSSR count). The number of hydrogen-bond acceptors (Lipinski definition) is 2. The molecule has 0 atom stereocenters. The molecule has 0 amide bonds. The Morgan fingerprint density at radius 1 is 1.30 bits per heavy atom. The topological polar surface area (TPSA) is 21.1 Å². The van der Waals surface area contributed by atoms with E-state index in [9.17, 15) is 17.6 Å². The molecule has 8 heteroatoms. The molecule has 0 bridgehead atoms. The molecular formula is C15H14ClF4N3. The predicted octanol–water partition coefficient (Wildman–Crippen LogP) is 3.73. The highest BCUT2D eigenvalue weighted by molar-refractivity contribution is 6.30. The van der Waals surface area contributed by atoms with Crippen LogP contribution in [0.25, 0.3) is 0 Å². The van der Waals surface area contributed by atoms with Crippen molar-refractivity contribution in [2.45, 2.75) is 25.7 Å². The normalized spacial score (nSPS) is 15.7. The summed E-state index contributed by atoms with van der Waals surface area (Å²) in [5, 5.41) is 3.96. The molecule has 3 nitrogen and oxygen atoms in total. The smallest absolute Gasteiger partial charge is 0.300 e. The van der Waals surface area contributed by atoms with Gasteiger partial charge in [0.25, 0.3) is 0 Å². The first kappa shape index (κ1) is 16.3. The monoisotopic (exact) mass is 347 g/mol. The van der Waals surface area contributed by atoms with Gasteiger partial charge in [-0.25, -0.2) is 4.39 Å². The molecule has 0 spiro atoms. The Hall–Kier alpha value is -1.60. The summed E-state index contributed by atoms with van der Waals surface area (Å²) in [6.07, 6.45) is -4.23. The van der Waals surface area contributed by atoms with Crippen LogP contribution in [0, 0.1) is 5.82 Å². The summed E-state index contributed by atoms with van der Waals surface area (Å²) in [4.78, 5) is 1.92. The number of halogens is 5. The molecule has 0 fully saturated rings. The largest absolute Gasteiger partial charge is 0.435 e. The molecule has 0 aliphatic carbocycles. The molecule has 0 unspecified atom stereocenters. The SMILES string of the molecule is CN1CCc2c(C(F)(F)F)nn(Cc3ccc(Cl)cc3F)c2C1. The fraction of sp³-hybridized carbons (Fsp3) is 0.400. The van der Waals surface area contributed by atoms with Crippen LogP contribution in [-0.4, -0.2) is 28.3 Å². The van der Waals surface area contributed by atoms with E-state index < -0.39 is 17.7 Å². The summed E-state index contributed by atoms with van der Waals surface area (Å²) in [7, 11) is 1.83. The summed E-state index contributed by atoms with van der Waals surface area (Å²) in [6.45, 7) is 0.833.